The smallest absolute Gasteiger partial charge is 0.164 e. The van der Waals surface area contributed by atoms with E-state index in [1.54, 1.807) is 0 Å². The van der Waals surface area contributed by atoms with E-state index in [0.29, 0.717) is 34.9 Å². The number of nitrogens with zero attached hydrogens (tertiary/aromatic N) is 7. The quantitative estimate of drug-likeness (QED) is 0.144. The molecule has 7 aromatic carbocycles. The summed E-state index contributed by atoms with van der Waals surface area (Å²) in [7, 11) is 0. The SMILES string of the molecule is Cc1cccc(-c2cc(-c3ccc(-c4nc(-c5ccccc5)nc(-c5ccccc5)n4)cc3)ccc2-c2ccc(-c3nc(-c4ccccc4)nc(-c4ccccc4)n3)cc2)n1. The van der Waals surface area contributed by atoms with E-state index < -0.39 is 0 Å². The van der Waals surface area contributed by atoms with Gasteiger partial charge in [-0.15, -0.1) is 0 Å². The monoisotopic (exact) mass is 783 g/mol. The molecule has 0 saturated carbocycles. The standard InChI is InChI=1S/C54H37N7/c1-36-15-14-24-48(55-36)47-35-45(37-25-29-43(30-26-37)53-58-49(39-16-6-2-7-17-39)56-50(59-53)40-18-8-3-9-19-40)33-34-46(47)38-27-31-44(32-28-38)54-60-51(41-20-10-4-11-21-41)57-52(61-54)42-22-12-5-13-23-42/h2-35H,1H3. The van der Waals surface area contributed by atoms with Crippen molar-refractivity contribution in [3.8, 4) is 102 Å². The lowest BCUT2D eigenvalue weighted by atomic mass is 9.92. The maximum atomic E-state index is 4.98. The Morgan fingerprint density at radius 1 is 0.230 bits per heavy atom. The maximum absolute atomic E-state index is 4.98. The molecule has 0 aliphatic carbocycles. The highest BCUT2D eigenvalue weighted by Crippen LogP contribution is 2.37. The minimum atomic E-state index is 0.614. The van der Waals surface area contributed by atoms with Gasteiger partial charge in [-0.1, -0.05) is 188 Å². The molecule has 7 heteroatoms. The van der Waals surface area contributed by atoms with E-state index in [-0.39, 0.29) is 0 Å². The molecule has 61 heavy (non-hydrogen) atoms. The topological polar surface area (TPSA) is 90.2 Å². The van der Waals surface area contributed by atoms with Crippen LogP contribution in [0, 0.1) is 6.92 Å². The van der Waals surface area contributed by atoms with Gasteiger partial charge in [-0.25, -0.2) is 29.9 Å². The van der Waals surface area contributed by atoms with Crippen molar-refractivity contribution in [2.45, 2.75) is 6.92 Å². The molecule has 0 radical (unpaired) electrons. The van der Waals surface area contributed by atoms with Crippen LogP contribution in [0.1, 0.15) is 5.69 Å². The fraction of sp³-hybridized carbons (Fsp3) is 0.0185. The average molecular weight is 784 g/mol. The van der Waals surface area contributed by atoms with Crippen molar-refractivity contribution in [3.05, 3.63) is 212 Å². The Labute approximate surface area is 354 Å². The molecule has 0 aliphatic heterocycles. The summed E-state index contributed by atoms with van der Waals surface area (Å²) < 4.78 is 0. The lowest BCUT2D eigenvalue weighted by Gasteiger charge is -2.14. The fourth-order valence-corrected chi connectivity index (χ4v) is 7.37. The summed E-state index contributed by atoms with van der Waals surface area (Å²) in [5, 5.41) is 0. The molecular weight excluding hydrogens is 747 g/mol. The zero-order valence-corrected chi connectivity index (χ0v) is 33.3. The molecule has 0 bridgehead atoms. The van der Waals surface area contributed by atoms with E-state index in [0.717, 1.165) is 72.6 Å². The van der Waals surface area contributed by atoms with E-state index in [1.165, 1.54) is 0 Å². The largest absolute Gasteiger partial charge is 0.253 e. The summed E-state index contributed by atoms with van der Waals surface area (Å²) >= 11 is 0. The first kappa shape index (κ1) is 37.0. The van der Waals surface area contributed by atoms with Crippen LogP contribution in [-0.4, -0.2) is 34.9 Å². The number of aromatic nitrogens is 7. The number of benzene rings is 7. The van der Waals surface area contributed by atoms with Crippen LogP contribution in [0.25, 0.3) is 102 Å². The summed E-state index contributed by atoms with van der Waals surface area (Å²) in [6.45, 7) is 2.02. The number of hydrogen-bond acceptors (Lipinski definition) is 7. The number of rotatable bonds is 9. The molecule has 0 fully saturated rings. The second-order valence-corrected chi connectivity index (χ2v) is 14.7. The Kier molecular flexibility index (Phi) is 10.0. The van der Waals surface area contributed by atoms with E-state index >= 15 is 0 Å². The summed E-state index contributed by atoms with van der Waals surface area (Å²) in [6, 6.07) is 69.7. The number of hydrogen-bond donors (Lipinski definition) is 0. The summed E-state index contributed by atoms with van der Waals surface area (Å²) in [5.41, 5.74) is 12.7. The average Bonchev–Trinajstić information content (AvgIpc) is 3.35. The van der Waals surface area contributed by atoms with Gasteiger partial charge >= 0.3 is 0 Å². The van der Waals surface area contributed by atoms with Gasteiger partial charge < -0.3 is 0 Å². The van der Waals surface area contributed by atoms with Gasteiger partial charge in [-0.2, -0.15) is 0 Å². The van der Waals surface area contributed by atoms with Gasteiger partial charge in [0.05, 0.1) is 5.69 Å². The second-order valence-electron chi connectivity index (χ2n) is 14.7. The highest BCUT2D eigenvalue weighted by atomic mass is 15.0. The van der Waals surface area contributed by atoms with Crippen LogP contribution in [0.3, 0.4) is 0 Å². The Balaban J connectivity index is 1.00. The summed E-state index contributed by atoms with van der Waals surface area (Å²) in [4.78, 5) is 34.4. The highest BCUT2D eigenvalue weighted by Gasteiger charge is 2.16. The van der Waals surface area contributed by atoms with Crippen LogP contribution >= 0.6 is 0 Å². The molecule has 0 atom stereocenters. The first-order valence-electron chi connectivity index (χ1n) is 20.1. The molecule has 0 amide bonds. The third kappa shape index (κ3) is 7.96. The Morgan fingerprint density at radius 3 is 0.934 bits per heavy atom. The van der Waals surface area contributed by atoms with Crippen molar-refractivity contribution in [1.82, 2.24) is 34.9 Å². The zero-order valence-electron chi connectivity index (χ0n) is 33.3. The Morgan fingerprint density at radius 2 is 0.557 bits per heavy atom. The van der Waals surface area contributed by atoms with Crippen molar-refractivity contribution in [2.75, 3.05) is 0 Å². The zero-order chi connectivity index (χ0) is 41.0. The van der Waals surface area contributed by atoms with E-state index in [4.69, 9.17) is 34.9 Å². The van der Waals surface area contributed by atoms with Crippen molar-refractivity contribution in [1.29, 1.82) is 0 Å². The molecule has 3 aromatic heterocycles. The molecular formula is C54H37N7. The van der Waals surface area contributed by atoms with Crippen molar-refractivity contribution >= 4 is 0 Å². The minimum Gasteiger partial charge on any atom is -0.253 e. The van der Waals surface area contributed by atoms with Gasteiger partial charge in [0.25, 0.3) is 0 Å². The second kappa shape index (κ2) is 16.5. The predicted molar refractivity (Wildman–Crippen MR) is 245 cm³/mol. The van der Waals surface area contributed by atoms with Gasteiger partial charge in [-0.05, 0) is 47.4 Å². The minimum absolute atomic E-state index is 0.614. The Hall–Kier alpha value is -8.29. The lowest BCUT2D eigenvalue weighted by Crippen LogP contribution is -2.00. The van der Waals surface area contributed by atoms with Crippen LogP contribution in [0.5, 0.6) is 0 Å². The molecule has 0 aliphatic rings. The lowest BCUT2D eigenvalue weighted by molar-refractivity contribution is 1.07. The Bertz CT molecular complexity index is 2990. The van der Waals surface area contributed by atoms with Crippen LogP contribution in [0.15, 0.2) is 206 Å². The van der Waals surface area contributed by atoms with E-state index in [1.807, 2.05) is 134 Å². The van der Waals surface area contributed by atoms with Gasteiger partial charge in [0.2, 0.25) is 0 Å². The van der Waals surface area contributed by atoms with Crippen LogP contribution in [0.2, 0.25) is 0 Å². The van der Waals surface area contributed by atoms with Crippen molar-refractivity contribution < 1.29 is 0 Å². The third-order valence-corrected chi connectivity index (χ3v) is 10.5. The van der Waals surface area contributed by atoms with Crippen molar-refractivity contribution in [2.24, 2.45) is 0 Å². The van der Waals surface area contributed by atoms with E-state index in [2.05, 4.69) is 78.9 Å². The van der Waals surface area contributed by atoms with Gasteiger partial charge in [0.15, 0.2) is 34.9 Å². The molecule has 288 valence electrons. The molecule has 10 aromatic rings. The first-order valence-corrected chi connectivity index (χ1v) is 20.1. The first-order chi connectivity index (χ1) is 30.1. The number of aryl methyl sites for hydroxylation is 1. The molecule has 7 nitrogen and oxygen atoms in total. The predicted octanol–water partition coefficient (Wildman–Crippen LogP) is 12.8. The van der Waals surface area contributed by atoms with E-state index in [9.17, 15) is 0 Å². The van der Waals surface area contributed by atoms with Crippen LogP contribution in [-0.2, 0) is 0 Å². The highest BCUT2D eigenvalue weighted by molar-refractivity contribution is 5.87. The normalized spacial score (nSPS) is 11.0. The van der Waals surface area contributed by atoms with Crippen LogP contribution < -0.4 is 0 Å². The number of pyridine rings is 1. The van der Waals surface area contributed by atoms with Crippen LogP contribution in [0.4, 0.5) is 0 Å². The molecule has 0 saturated heterocycles. The van der Waals surface area contributed by atoms with Gasteiger partial charge in [-0.3, -0.25) is 4.98 Å². The summed E-state index contributed by atoms with van der Waals surface area (Å²) in [5.74, 6) is 3.76. The molecule has 10 rings (SSSR count). The molecule has 0 unspecified atom stereocenters. The fourth-order valence-electron chi connectivity index (χ4n) is 7.37. The van der Waals surface area contributed by atoms with Gasteiger partial charge in [0, 0.05) is 44.6 Å². The summed E-state index contributed by atoms with van der Waals surface area (Å²) in [6.07, 6.45) is 0. The molecule has 3 heterocycles. The molecule has 0 N–H and O–H groups in total. The third-order valence-electron chi connectivity index (χ3n) is 10.5. The van der Waals surface area contributed by atoms with Crippen molar-refractivity contribution in [3.63, 3.8) is 0 Å². The maximum Gasteiger partial charge on any atom is 0.164 e. The molecule has 0 spiro atoms. The van der Waals surface area contributed by atoms with Gasteiger partial charge in [0.1, 0.15) is 0 Å².